The summed E-state index contributed by atoms with van der Waals surface area (Å²) < 4.78 is 13.7. The lowest BCUT2D eigenvalue weighted by molar-refractivity contribution is 0.302. The molecule has 1 aliphatic rings. The van der Waals surface area contributed by atoms with E-state index in [0.717, 1.165) is 12.3 Å². The van der Waals surface area contributed by atoms with Gasteiger partial charge in [0.05, 0.1) is 17.3 Å². The Morgan fingerprint density at radius 1 is 1.63 bits per heavy atom. The average Bonchev–Trinajstić information content (AvgIpc) is 2.76. The molecule has 0 unspecified atom stereocenters. The molecule has 0 radical (unpaired) electrons. The zero-order valence-electron chi connectivity index (χ0n) is 10.5. The summed E-state index contributed by atoms with van der Waals surface area (Å²) in [5.41, 5.74) is 6.97. The van der Waals surface area contributed by atoms with E-state index in [1.807, 2.05) is 11.9 Å². The Hall–Kier alpha value is -1.64. The van der Waals surface area contributed by atoms with Gasteiger partial charge in [-0.1, -0.05) is 11.6 Å². The largest absolute Gasteiger partial charge is 0.326 e. The lowest BCUT2D eigenvalue weighted by atomic mass is 10.1. The van der Waals surface area contributed by atoms with Crippen molar-refractivity contribution in [1.29, 1.82) is 5.26 Å². The van der Waals surface area contributed by atoms with Gasteiger partial charge in [-0.05, 0) is 19.1 Å². The zero-order valence-corrected chi connectivity index (χ0v) is 11.3. The summed E-state index contributed by atoms with van der Waals surface area (Å²) >= 11 is 5.88. The van der Waals surface area contributed by atoms with E-state index in [0.29, 0.717) is 18.5 Å². The summed E-state index contributed by atoms with van der Waals surface area (Å²) in [5.74, 6) is -0.613. The fraction of sp³-hybridized carbons (Fsp3) is 0.385. The Morgan fingerprint density at radius 2 is 2.37 bits per heavy atom. The summed E-state index contributed by atoms with van der Waals surface area (Å²) in [6.45, 7) is 3.33. The van der Waals surface area contributed by atoms with Gasteiger partial charge in [0.2, 0.25) is 0 Å². The highest BCUT2D eigenvalue weighted by Gasteiger charge is 2.19. The van der Waals surface area contributed by atoms with Gasteiger partial charge in [0.15, 0.2) is 0 Å². The summed E-state index contributed by atoms with van der Waals surface area (Å²) in [7, 11) is 0. The molecular formula is C13H14ClFN4. The molecule has 6 heteroatoms. The highest BCUT2D eigenvalue weighted by Crippen LogP contribution is 2.23. The first-order valence-electron chi connectivity index (χ1n) is 5.98. The summed E-state index contributed by atoms with van der Waals surface area (Å²) in [6.07, 6.45) is 0.717. The molecule has 1 aromatic rings. The number of hydrazone groups is 1. The molecule has 0 fully saturated rings. The van der Waals surface area contributed by atoms with Crippen LogP contribution in [-0.4, -0.2) is 29.9 Å². The molecule has 0 saturated heterocycles. The van der Waals surface area contributed by atoms with Crippen molar-refractivity contribution in [2.75, 3.05) is 13.1 Å². The third kappa shape index (κ3) is 3.03. The van der Waals surface area contributed by atoms with Crippen molar-refractivity contribution >= 4 is 17.3 Å². The van der Waals surface area contributed by atoms with Gasteiger partial charge in [-0.25, -0.2) is 4.39 Å². The predicted octanol–water partition coefficient (Wildman–Crippen LogP) is 2.11. The van der Waals surface area contributed by atoms with Crippen LogP contribution >= 0.6 is 11.6 Å². The molecule has 0 aromatic heterocycles. The Morgan fingerprint density at radius 3 is 2.95 bits per heavy atom. The minimum absolute atomic E-state index is 0.0318. The molecule has 0 amide bonds. The maximum Gasteiger partial charge on any atom is 0.143 e. The van der Waals surface area contributed by atoms with E-state index in [9.17, 15) is 4.39 Å². The highest BCUT2D eigenvalue weighted by molar-refractivity contribution is 6.32. The van der Waals surface area contributed by atoms with Crippen molar-refractivity contribution in [3.8, 4) is 6.07 Å². The first-order chi connectivity index (χ1) is 9.01. The molecule has 0 spiro atoms. The quantitative estimate of drug-likeness (QED) is 0.922. The molecule has 19 heavy (non-hydrogen) atoms. The van der Waals surface area contributed by atoms with Gasteiger partial charge >= 0.3 is 0 Å². The van der Waals surface area contributed by atoms with Crippen LogP contribution in [0.5, 0.6) is 0 Å². The van der Waals surface area contributed by atoms with Crippen molar-refractivity contribution in [2.45, 2.75) is 19.4 Å². The minimum Gasteiger partial charge on any atom is -0.326 e. The number of hydrogen-bond acceptors (Lipinski definition) is 4. The van der Waals surface area contributed by atoms with Gasteiger partial charge in [0, 0.05) is 24.6 Å². The van der Waals surface area contributed by atoms with Gasteiger partial charge in [-0.15, -0.1) is 0 Å². The second kappa shape index (κ2) is 5.55. The topological polar surface area (TPSA) is 65.4 Å². The number of hydrogen-bond donors (Lipinski definition) is 1. The van der Waals surface area contributed by atoms with Crippen molar-refractivity contribution in [3.63, 3.8) is 0 Å². The number of rotatable bonds is 3. The second-order valence-corrected chi connectivity index (χ2v) is 5.02. The van der Waals surface area contributed by atoms with E-state index in [1.165, 1.54) is 6.07 Å². The lowest BCUT2D eigenvalue weighted by Gasteiger charge is -2.15. The summed E-state index contributed by atoms with van der Waals surface area (Å²) in [5, 5.41) is 15.1. The van der Waals surface area contributed by atoms with Crippen molar-refractivity contribution in [3.05, 3.63) is 34.1 Å². The predicted molar refractivity (Wildman–Crippen MR) is 72.5 cm³/mol. The smallest absolute Gasteiger partial charge is 0.143 e. The fourth-order valence-electron chi connectivity index (χ4n) is 2.02. The first kappa shape index (κ1) is 13.8. The van der Waals surface area contributed by atoms with Crippen LogP contribution in [-0.2, 0) is 0 Å². The molecule has 4 nitrogen and oxygen atoms in total. The molecule has 1 atom stereocenters. The van der Waals surface area contributed by atoms with Crippen LogP contribution in [0.3, 0.4) is 0 Å². The number of nitrogens with two attached hydrogens (primary N) is 1. The number of nitrogens with zero attached hydrogens (tertiary/aromatic N) is 3. The van der Waals surface area contributed by atoms with E-state index in [4.69, 9.17) is 22.6 Å². The van der Waals surface area contributed by atoms with E-state index in [2.05, 4.69) is 5.10 Å². The van der Waals surface area contributed by atoms with E-state index in [-0.39, 0.29) is 16.6 Å². The summed E-state index contributed by atoms with van der Waals surface area (Å²) in [4.78, 5) is 0. The van der Waals surface area contributed by atoms with Crippen LogP contribution in [0, 0.1) is 17.1 Å². The number of halogens is 2. The molecule has 2 N–H and O–H groups in total. The Kier molecular flexibility index (Phi) is 4.03. The van der Waals surface area contributed by atoms with Crippen LogP contribution in [0.4, 0.5) is 4.39 Å². The Bertz CT molecular complexity index is 539. The van der Waals surface area contributed by atoms with Crippen molar-refractivity contribution in [1.82, 2.24) is 5.01 Å². The van der Waals surface area contributed by atoms with Crippen LogP contribution in [0.1, 0.15) is 24.5 Å². The first-order valence-corrected chi connectivity index (χ1v) is 6.36. The Balaban J connectivity index is 2.27. The van der Waals surface area contributed by atoms with Crippen LogP contribution in [0.2, 0.25) is 5.02 Å². The average molecular weight is 281 g/mol. The molecule has 1 aliphatic heterocycles. The number of benzene rings is 1. The third-order valence-electron chi connectivity index (χ3n) is 2.85. The highest BCUT2D eigenvalue weighted by atomic mass is 35.5. The molecule has 1 heterocycles. The van der Waals surface area contributed by atoms with E-state index < -0.39 is 5.82 Å². The Labute approximate surface area is 116 Å². The van der Waals surface area contributed by atoms with Gasteiger partial charge in [0.1, 0.15) is 17.4 Å². The van der Waals surface area contributed by atoms with Crippen LogP contribution < -0.4 is 5.73 Å². The molecule has 1 aromatic carbocycles. The monoisotopic (exact) mass is 280 g/mol. The maximum absolute atomic E-state index is 13.7. The van der Waals surface area contributed by atoms with Gasteiger partial charge < -0.3 is 5.73 Å². The van der Waals surface area contributed by atoms with Gasteiger partial charge in [-0.2, -0.15) is 10.4 Å². The molecular weight excluding hydrogens is 267 g/mol. The molecule has 2 rings (SSSR count). The molecule has 100 valence electrons. The molecule has 0 aliphatic carbocycles. The summed E-state index contributed by atoms with van der Waals surface area (Å²) in [6, 6.07) is 4.66. The lowest BCUT2D eigenvalue weighted by Crippen LogP contribution is -2.30. The zero-order chi connectivity index (χ0) is 14.0. The van der Waals surface area contributed by atoms with E-state index in [1.54, 1.807) is 12.1 Å². The number of nitriles is 1. The third-order valence-corrected chi connectivity index (χ3v) is 3.15. The maximum atomic E-state index is 13.7. The second-order valence-electron chi connectivity index (χ2n) is 4.61. The van der Waals surface area contributed by atoms with E-state index >= 15 is 0 Å². The normalized spacial score (nSPS) is 16.2. The minimum atomic E-state index is -0.613. The van der Waals surface area contributed by atoms with Gasteiger partial charge in [-0.3, -0.25) is 5.01 Å². The van der Waals surface area contributed by atoms with Crippen LogP contribution in [0.15, 0.2) is 17.2 Å². The standard InChI is InChI=1S/C13H14ClFN4/c1-8(17)7-19-3-2-13(18-19)9-4-11(14)10(6-16)12(15)5-9/h4-5,8H,2-3,7,17H2,1H3/t8-/m0/s1. The molecule has 0 saturated carbocycles. The van der Waals surface area contributed by atoms with Crippen molar-refractivity contribution < 1.29 is 4.39 Å². The van der Waals surface area contributed by atoms with Gasteiger partial charge in [0.25, 0.3) is 0 Å². The SMILES string of the molecule is C[C@H](N)CN1CCC(c2cc(F)c(C#N)c(Cl)c2)=N1. The van der Waals surface area contributed by atoms with Crippen LogP contribution in [0.25, 0.3) is 0 Å². The molecule has 0 bridgehead atoms. The fourth-order valence-corrected chi connectivity index (χ4v) is 2.27. The van der Waals surface area contributed by atoms with Crippen molar-refractivity contribution in [2.24, 2.45) is 10.8 Å².